The second kappa shape index (κ2) is 4.44. The molecule has 0 bridgehead atoms. The second-order valence-electron chi connectivity index (χ2n) is 3.62. The molecule has 0 aromatic heterocycles. The highest BCUT2D eigenvalue weighted by atomic mass is 14.7. The smallest absolute Gasteiger partial charge is 0.0360 e. The summed E-state index contributed by atoms with van der Waals surface area (Å²) >= 11 is 0. The molecule has 1 saturated carbocycles. The van der Waals surface area contributed by atoms with Crippen molar-refractivity contribution in [3.63, 3.8) is 0 Å². The monoisotopic (exact) mass is 165 g/mol. The van der Waals surface area contributed by atoms with Gasteiger partial charge in [-0.3, -0.25) is 4.99 Å². The average Bonchev–Trinajstić information content (AvgIpc) is 1.96. The maximum absolute atomic E-state index is 4.40. The van der Waals surface area contributed by atoms with Crippen molar-refractivity contribution in [2.24, 2.45) is 10.9 Å². The van der Waals surface area contributed by atoms with Gasteiger partial charge in [-0.1, -0.05) is 13.3 Å². The topological polar surface area (TPSA) is 12.4 Å². The number of allylic oxidation sites excluding steroid dienone is 2. The molecular formula is C11H19N. The highest BCUT2D eigenvalue weighted by molar-refractivity contribution is 5.58. The van der Waals surface area contributed by atoms with Crippen LogP contribution in [0.15, 0.2) is 16.3 Å². The van der Waals surface area contributed by atoms with Gasteiger partial charge in [-0.25, -0.2) is 0 Å². The summed E-state index contributed by atoms with van der Waals surface area (Å²) in [6.45, 7) is 6.47. The van der Waals surface area contributed by atoms with E-state index in [9.17, 15) is 0 Å². The fourth-order valence-electron chi connectivity index (χ4n) is 1.47. The van der Waals surface area contributed by atoms with Crippen LogP contribution in [0.3, 0.4) is 0 Å². The normalized spacial score (nSPS) is 20.9. The molecule has 0 saturated heterocycles. The summed E-state index contributed by atoms with van der Waals surface area (Å²) in [6, 6.07) is 0. The van der Waals surface area contributed by atoms with Crippen LogP contribution < -0.4 is 0 Å². The molecule has 1 fully saturated rings. The lowest BCUT2D eigenvalue weighted by Gasteiger charge is -2.26. The number of nitrogens with zero attached hydrogens (tertiary/aromatic N) is 1. The van der Waals surface area contributed by atoms with Crippen LogP contribution >= 0.6 is 0 Å². The van der Waals surface area contributed by atoms with E-state index in [2.05, 4.69) is 25.8 Å². The van der Waals surface area contributed by atoms with Crippen LogP contribution in [0.2, 0.25) is 0 Å². The van der Waals surface area contributed by atoms with Gasteiger partial charge in [0.05, 0.1) is 0 Å². The molecule has 1 rings (SSSR count). The summed E-state index contributed by atoms with van der Waals surface area (Å²) in [7, 11) is 0. The molecule has 1 aliphatic rings. The van der Waals surface area contributed by atoms with Crippen LogP contribution in [0.1, 0.15) is 46.5 Å². The average molecular weight is 165 g/mol. The van der Waals surface area contributed by atoms with Crippen molar-refractivity contribution in [3.05, 3.63) is 11.3 Å². The van der Waals surface area contributed by atoms with E-state index in [1.54, 1.807) is 0 Å². The molecule has 0 aromatic carbocycles. The minimum Gasteiger partial charge on any atom is -0.266 e. The van der Waals surface area contributed by atoms with Crippen molar-refractivity contribution >= 4 is 6.21 Å². The summed E-state index contributed by atoms with van der Waals surface area (Å²) in [5.74, 6) is 0.846. The lowest BCUT2D eigenvalue weighted by Crippen LogP contribution is -2.12. The van der Waals surface area contributed by atoms with E-state index in [1.165, 1.54) is 30.5 Å². The van der Waals surface area contributed by atoms with Crippen LogP contribution in [0.5, 0.6) is 0 Å². The Balaban J connectivity index is 2.54. The standard InChI is InChI=1S/C11H19N/c1-4-8-12-10(3)9(2)11-6-5-7-11/h8,11H,4-7H2,1-3H3/b10-9+,12-8?. The molecule has 0 spiro atoms. The van der Waals surface area contributed by atoms with Gasteiger partial charge in [-0.05, 0) is 44.6 Å². The van der Waals surface area contributed by atoms with Crippen molar-refractivity contribution < 1.29 is 0 Å². The zero-order valence-electron chi connectivity index (χ0n) is 8.43. The minimum atomic E-state index is 0.846. The molecule has 1 heteroatoms. The third kappa shape index (κ3) is 2.20. The van der Waals surface area contributed by atoms with Crippen molar-refractivity contribution in [1.82, 2.24) is 0 Å². The van der Waals surface area contributed by atoms with Crippen LogP contribution in [-0.4, -0.2) is 6.21 Å². The largest absolute Gasteiger partial charge is 0.266 e. The summed E-state index contributed by atoms with van der Waals surface area (Å²) < 4.78 is 0. The van der Waals surface area contributed by atoms with Crippen molar-refractivity contribution in [2.45, 2.75) is 46.5 Å². The fourth-order valence-corrected chi connectivity index (χ4v) is 1.47. The molecule has 0 aliphatic heterocycles. The molecule has 0 heterocycles. The molecule has 1 aliphatic carbocycles. The third-order valence-electron chi connectivity index (χ3n) is 2.76. The highest BCUT2D eigenvalue weighted by Crippen LogP contribution is 2.34. The quantitative estimate of drug-likeness (QED) is 0.567. The zero-order valence-corrected chi connectivity index (χ0v) is 8.43. The molecule has 12 heavy (non-hydrogen) atoms. The predicted octanol–water partition coefficient (Wildman–Crippen LogP) is 3.56. The highest BCUT2D eigenvalue weighted by Gasteiger charge is 2.19. The number of hydrogen-bond donors (Lipinski definition) is 0. The van der Waals surface area contributed by atoms with Gasteiger partial charge >= 0.3 is 0 Å². The first kappa shape index (κ1) is 9.50. The van der Waals surface area contributed by atoms with Crippen molar-refractivity contribution in [2.75, 3.05) is 0 Å². The Morgan fingerprint density at radius 3 is 2.50 bits per heavy atom. The third-order valence-corrected chi connectivity index (χ3v) is 2.76. The fraction of sp³-hybridized carbons (Fsp3) is 0.727. The summed E-state index contributed by atoms with van der Waals surface area (Å²) in [6.07, 6.45) is 7.20. The van der Waals surface area contributed by atoms with E-state index in [0.717, 1.165) is 12.3 Å². The van der Waals surface area contributed by atoms with Crippen molar-refractivity contribution in [1.29, 1.82) is 0 Å². The van der Waals surface area contributed by atoms with E-state index in [1.807, 2.05) is 6.21 Å². The number of hydrogen-bond acceptors (Lipinski definition) is 1. The molecule has 68 valence electrons. The zero-order chi connectivity index (χ0) is 8.97. The van der Waals surface area contributed by atoms with E-state index in [0.29, 0.717) is 0 Å². The molecular weight excluding hydrogens is 146 g/mol. The maximum Gasteiger partial charge on any atom is 0.0360 e. The Kier molecular flexibility index (Phi) is 3.51. The van der Waals surface area contributed by atoms with E-state index in [-0.39, 0.29) is 0 Å². The van der Waals surface area contributed by atoms with E-state index in [4.69, 9.17) is 0 Å². The lowest BCUT2D eigenvalue weighted by molar-refractivity contribution is 0.365. The molecule has 1 nitrogen and oxygen atoms in total. The Labute approximate surface area is 75.6 Å². The van der Waals surface area contributed by atoms with Crippen LogP contribution in [0.25, 0.3) is 0 Å². The lowest BCUT2D eigenvalue weighted by atomic mass is 9.79. The van der Waals surface area contributed by atoms with Gasteiger partial charge in [-0.2, -0.15) is 0 Å². The summed E-state index contributed by atoms with van der Waals surface area (Å²) in [5, 5.41) is 0. The van der Waals surface area contributed by atoms with Gasteiger partial charge in [0.25, 0.3) is 0 Å². The second-order valence-corrected chi connectivity index (χ2v) is 3.62. The van der Waals surface area contributed by atoms with Crippen LogP contribution in [-0.2, 0) is 0 Å². The maximum atomic E-state index is 4.40. The van der Waals surface area contributed by atoms with Gasteiger partial charge in [-0.15, -0.1) is 0 Å². The van der Waals surface area contributed by atoms with Gasteiger partial charge in [0.2, 0.25) is 0 Å². The molecule has 0 radical (unpaired) electrons. The Hall–Kier alpha value is -0.590. The predicted molar refractivity (Wildman–Crippen MR) is 54.5 cm³/mol. The Morgan fingerprint density at radius 2 is 2.08 bits per heavy atom. The van der Waals surface area contributed by atoms with Crippen molar-refractivity contribution in [3.8, 4) is 0 Å². The SMILES string of the molecule is CCC=N/C(C)=C(\C)C1CCC1. The minimum absolute atomic E-state index is 0.846. The first-order valence-corrected chi connectivity index (χ1v) is 4.95. The Morgan fingerprint density at radius 1 is 1.42 bits per heavy atom. The van der Waals surface area contributed by atoms with Gasteiger partial charge in [0.15, 0.2) is 0 Å². The summed E-state index contributed by atoms with van der Waals surface area (Å²) in [5.41, 5.74) is 2.74. The molecule has 0 amide bonds. The van der Waals surface area contributed by atoms with Crippen LogP contribution in [0, 0.1) is 5.92 Å². The molecule has 0 atom stereocenters. The van der Waals surface area contributed by atoms with Gasteiger partial charge < -0.3 is 0 Å². The number of aliphatic imine (C=N–C) groups is 1. The Bertz CT molecular complexity index is 197. The van der Waals surface area contributed by atoms with E-state index < -0.39 is 0 Å². The first-order valence-electron chi connectivity index (χ1n) is 4.95. The van der Waals surface area contributed by atoms with Gasteiger partial charge in [0.1, 0.15) is 0 Å². The number of rotatable bonds is 3. The van der Waals surface area contributed by atoms with Crippen LogP contribution in [0.4, 0.5) is 0 Å². The van der Waals surface area contributed by atoms with E-state index >= 15 is 0 Å². The van der Waals surface area contributed by atoms with Gasteiger partial charge in [0, 0.05) is 11.9 Å². The summed E-state index contributed by atoms with van der Waals surface area (Å²) in [4.78, 5) is 4.40. The molecule has 0 aromatic rings. The first-order chi connectivity index (χ1) is 5.75. The molecule has 0 N–H and O–H groups in total. The molecule has 0 unspecified atom stereocenters.